The first-order valence-electron chi connectivity index (χ1n) is 7.12. The molecule has 1 fully saturated rings. The van der Waals surface area contributed by atoms with Crippen LogP contribution in [0.15, 0.2) is 23.5 Å². The van der Waals surface area contributed by atoms with Crippen molar-refractivity contribution in [1.29, 1.82) is 0 Å². The van der Waals surface area contributed by atoms with E-state index in [4.69, 9.17) is 4.74 Å². The van der Waals surface area contributed by atoms with Gasteiger partial charge in [0.15, 0.2) is 0 Å². The lowest BCUT2D eigenvalue weighted by molar-refractivity contribution is -0.0580. The van der Waals surface area contributed by atoms with Gasteiger partial charge in [0, 0.05) is 6.42 Å². The van der Waals surface area contributed by atoms with Gasteiger partial charge in [0.2, 0.25) is 0 Å². The van der Waals surface area contributed by atoms with Crippen molar-refractivity contribution in [2.24, 2.45) is 5.92 Å². The predicted octanol–water partition coefficient (Wildman–Crippen LogP) is 3.16. The van der Waals surface area contributed by atoms with E-state index in [0.717, 1.165) is 31.8 Å². The molecule has 1 aliphatic carbocycles. The van der Waals surface area contributed by atoms with Crippen LogP contribution in [0.5, 0.6) is 0 Å². The fourth-order valence-electron chi connectivity index (χ4n) is 3.55. The molecule has 17 heavy (non-hydrogen) atoms. The van der Waals surface area contributed by atoms with Crippen LogP contribution in [0.3, 0.4) is 0 Å². The topological polar surface area (TPSA) is 21.3 Å². The zero-order valence-corrected chi connectivity index (χ0v) is 10.8. The standard InChI is InChI=1S/C15H23NO/c1-2-12-11-15(7-9-16-10-8-15)17-14-6-4-3-5-13(12)14/h3,5,12,16H,2,4,6-11H2,1H3. The lowest BCUT2D eigenvalue weighted by atomic mass is 9.75. The summed E-state index contributed by atoms with van der Waals surface area (Å²) in [5.41, 5.74) is 1.67. The fourth-order valence-corrected chi connectivity index (χ4v) is 3.55. The average Bonchev–Trinajstić information content (AvgIpc) is 2.38. The highest BCUT2D eigenvalue weighted by molar-refractivity contribution is 5.31. The van der Waals surface area contributed by atoms with Crippen molar-refractivity contribution in [2.75, 3.05) is 13.1 Å². The highest BCUT2D eigenvalue weighted by Gasteiger charge is 2.41. The molecule has 1 atom stereocenters. The number of allylic oxidation sites excluding steroid dienone is 4. The predicted molar refractivity (Wildman–Crippen MR) is 69.7 cm³/mol. The largest absolute Gasteiger partial charge is 0.491 e. The van der Waals surface area contributed by atoms with Gasteiger partial charge in [-0.15, -0.1) is 0 Å². The highest BCUT2D eigenvalue weighted by Crippen LogP contribution is 2.44. The molecule has 0 bridgehead atoms. The van der Waals surface area contributed by atoms with E-state index >= 15 is 0 Å². The molecule has 3 aliphatic rings. The van der Waals surface area contributed by atoms with E-state index in [-0.39, 0.29) is 5.60 Å². The lowest BCUT2D eigenvalue weighted by Crippen LogP contribution is -2.47. The van der Waals surface area contributed by atoms with Crippen molar-refractivity contribution in [2.45, 2.75) is 51.0 Å². The minimum absolute atomic E-state index is 0.163. The first-order valence-corrected chi connectivity index (χ1v) is 7.12. The molecule has 1 spiro atoms. The van der Waals surface area contributed by atoms with E-state index < -0.39 is 0 Å². The van der Waals surface area contributed by atoms with Crippen LogP contribution in [0, 0.1) is 5.92 Å². The van der Waals surface area contributed by atoms with Crippen LogP contribution in [-0.4, -0.2) is 18.7 Å². The molecule has 0 aromatic rings. The number of piperidine rings is 1. The summed E-state index contributed by atoms with van der Waals surface area (Å²) in [7, 11) is 0. The van der Waals surface area contributed by atoms with Crippen LogP contribution in [0.25, 0.3) is 0 Å². The zero-order valence-electron chi connectivity index (χ0n) is 10.8. The van der Waals surface area contributed by atoms with Crippen LogP contribution >= 0.6 is 0 Å². The minimum atomic E-state index is 0.163. The van der Waals surface area contributed by atoms with Crippen molar-refractivity contribution in [3.63, 3.8) is 0 Å². The molecule has 0 amide bonds. The zero-order chi connectivity index (χ0) is 11.7. The van der Waals surface area contributed by atoms with E-state index in [1.807, 2.05) is 0 Å². The fraction of sp³-hybridized carbons (Fsp3) is 0.733. The maximum Gasteiger partial charge on any atom is 0.112 e. The van der Waals surface area contributed by atoms with Gasteiger partial charge >= 0.3 is 0 Å². The van der Waals surface area contributed by atoms with Crippen molar-refractivity contribution in [1.82, 2.24) is 5.32 Å². The van der Waals surface area contributed by atoms with Crippen molar-refractivity contribution < 1.29 is 4.74 Å². The van der Waals surface area contributed by atoms with Crippen LogP contribution in [0.1, 0.15) is 45.4 Å². The Labute approximate surface area is 104 Å². The van der Waals surface area contributed by atoms with Crippen molar-refractivity contribution in [3.05, 3.63) is 23.5 Å². The maximum atomic E-state index is 6.44. The van der Waals surface area contributed by atoms with Crippen LogP contribution in [0.4, 0.5) is 0 Å². The number of nitrogens with one attached hydrogen (secondary N) is 1. The summed E-state index contributed by atoms with van der Waals surface area (Å²) < 4.78 is 6.44. The lowest BCUT2D eigenvalue weighted by Gasteiger charge is -2.46. The van der Waals surface area contributed by atoms with Gasteiger partial charge in [0.05, 0.1) is 0 Å². The van der Waals surface area contributed by atoms with Gasteiger partial charge in [-0.2, -0.15) is 0 Å². The Balaban J connectivity index is 1.88. The van der Waals surface area contributed by atoms with E-state index in [0.29, 0.717) is 0 Å². The summed E-state index contributed by atoms with van der Waals surface area (Å²) in [6.07, 6.45) is 11.8. The first-order chi connectivity index (χ1) is 8.33. The van der Waals surface area contributed by atoms with Gasteiger partial charge < -0.3 is 10.1 Å². The van der Waals surface area contributed by atoms with Gasteiger partial charge in [-0.05, 0) is 56.7 Å². The molecular formula is C15H23NO. The summed E-state index contributed by atoms with van der Waals surface area (Å²) >= 11 is 0. The summed E-state index contributed by atoms with van der Waals surface area (Å²) in [6.45, 7) is 4.56. The molecule has 2 aliphatic heterocycles. The Morgan fingerprint density at radius 1 is 1.41 bits per heavy atom. The Kier molecular flexibility index (Phi) is 2.99. The SMILES string of the molecule is CCC1CC2(CCNCC2)OC2=C1C=CCC2. The van der Waals surface area contributed by atoms with Crippen LogP contribution < -0.4 is 5.32 Å². The second-order valence-electron chi connectivity index (χ2n) is 5.66. The Morgan fingerprint density at radius 2 is 2.24 bits per heavy atom. The number of rotatable bonds is 1. The molecule has 1 saturated heterocycles. The molecule has 0 radical (unpaired) electrons. The normalized spacial score (nSPS) is 31.2. The smallest absolute Gasteiger partial charge is 0.112 e. The third-order valence-corrected chi connectivity index (χ3v) is 4.56. The number of ether oxygens (including phenoxy) is 1. The molecule has 1 unspecified atom stereocenters. The Bertz CT molecular complexity index is 350. The molecule has 1 N–H and O–H groups in total. The van der Waals surface area contributed by atoms with Gasteiger partial charge in [-0.25, -0.2) is 0 Å². The van der Waals surface area contributed by atoms with Crippen molar-refractivity contribution >= 4 is 0 Å². The van der Waals surface area contributed by atoms with E-state index in [1.54, 1.807) is 0 Å². The molecule has 94 valence electrons. The number of hydrogen-bond acceptors (Lipinski definition) is 2. The maximum absolute atomic E-state index is 6.44. The monoisotopic (exact) mass is 233 g/mol. The van der Waals surface area contributed by atoms with Crippen molar-refractivity contribution in [3.8, 4) is 0 Å². The molecule has 2 heteroatoms. The summed E-state index contributed by atoms with van der Waals surface area (Å²) in [5.74, 6) is 2.04. The van der Waals surface area contributed by atoms with Gasteiger partial charge in [-0.3, -0.25) is 0 Å². The Hall–Kier alpha value is -0.760. The third-order valence-electron chi connectivity index (χ3n) is 4.56. The summed E-state index contributed by atoms with van der Waals surface area (Å²) in [6, 6.07) is 0. The molecule has 0 aromatic carbocycles. The molecule has 2 heterocycles. The van der Waals surface area contributed by atoms with Gasteiger partial charge in [0.25, 0.3) is 0 Å². The van der Waals surface area contributed by atoms with E-state index in [9.17, 15) is 0 Å². The second kappa shape index (κ2) is 4.49. The summed E-state index contributed by atoms with van der Waals surface area (Å²) in [5, 5.41) is 3.45. The van der Waals surface area contributed by atoms with Gasteiger partial charge in [0.1, 0.15) is 11.4 Å². The Morgan fingerprint density at radius 3 is 3.00 bits per heavy atom. The van der Waals surface area contributed by atoms with Gasteiger partial charge in [-0.1, -0.05) is 19.1 Å². The average molecular weight is 233 g/mol. The molecule has 0 saturated carbocycles. The molecule has 2 nitrogen and oxygen atoms in total. The molecule has 3 rings (SSSR count). The third kappa shape index (κ3) is 2.03. The highest BCUT2D eigenvalue weighted by atomic mass is 16.5. The molecule has 0 aromatic heterocycles. The number of hydrogen-bond donors (Lipinski definition) is 1. The summed E-state index contributed by atoms with van der Waals surface area (Å²) in [4.78, 5) is 0. The first kappa shape index (κ1) is 11.3. The van der Waals surface area contributed by atoms with E-state index in [2.05, 4.69) is 24.4 Å². The minimum Gasteiger partial charge on any atom is -0.491 e. The quantitative estimate of drug-likeness (QED) is 0.751. The van der Waals surface area contributed by atoms with Crippen LogP contribution in [0.2, 0.25) is 0 Å². The molecular weight excluding hydrogens is 210 g/mol. The van der Waals surface area contributed by atoms with Crippen LogP contribution in [-0.2, 0) is 4.74 Å². The second-order valence-corrected chi connectivity index (χ2v) is 5.66. The van der Waals surface area contributed by atoms with E-state index in [1.165, 1.54) is 37.0 Å².